The van der Waals surface area contributed by atoms with Gasteiger partial charge in [0.15, 0.2) is 5.82 Å². The Morgan fingerprint density at radius 1 is 1.35 bits per heavy atom. The summed E-state index contributed by atoms with van der Waals surface area (Å²) < 4.78 is 0.994. The number of carbonyl (C=O) groups is 1. The molecule has 1 aromatic heterocycles. The number of halogens is 1. The minimum Gasteiger partial charge on any atom is -0.348 e. The van der Waals surface area contributed by atoms with E-state index in [9.17, 15) is 4.79 Å². The van der Waals surface area contributed by atoms with Crippen molar-refractivity contribution in [2.24, 2.45) is 0 Å². The van der Waals surface area contributed by atoms with Gasteiger partial charge in [-0.3, -0.25) is 4.79 Å². The lowest BCUT2D eigenvalue weighted by Crippen LogP contribution is -2.25. The molecule has 1 aromatic carbocycles. The second kappa shape index (κ2) is 5.53. The van der Waals surface area contributed by atoms with E-state index in [1.807, 2.05) is 24.3 Å². The highest BCUT2D eigenvalue weighted by Crippen LogP contribution is 2.10. The van der Waals surface area contributed by atoms with Gasteiger partial charge in [-0.25, -0.2) is 0 Å². The first kappa shape index (κ1) is 11.7. The van der Waals surface area contributed by atoms with E-state index >= 15 is 0 Å². The van der Waals surface area contributed by atoms with Gasteiger partial charge in [0.2, 0.25) is 5.91 Å². The van der Waals surface area contributed by atoms with Gasteiger partial charge in [0, 0.05) is 4.47 Å². The first-order valence-corrected chi connectivity index (χ1v) is 5.77. The summed E-state index contributed by atoms with van der Waals surface area (Å²) >= 11 is 3.34. The monoisotopic (exact) mass is 295 g/mol. The summed E-state index contributed by atoms with van der Waals surface area (Å²) in [6.07, 6.45) is 0.338. The number of hydrogen-bond donors (Lipinski definition) is 2. The van der Waals surface area contributed by atoms with Crippen LogP contribution in [0.4, 0.5) is 0 Å². The molecule has 17 heavy (non-hydrogen) atoms. The van der Waals surface area contributed by atoms with Crippen LogP contribution in [0.15, 0.2) is 28.7 Å². The van der Waals surface area contributed by atoms with Crippen LogP contribution in [0.2, 0.25) is 0 Å². The Balaban J connectivity index is 1.83. The largest absolute Gasteiger partial charge is 0.348 e. The molecule has 0 aliphatic carbocycles. The predicted octanol–water partition coefficient (Wildman–Crippen LogP) is 0.821. The van der Waals surface area contributed by atoms with Crippen molar-refractivity contribution >= 4 is 21.8 Å². The Kier molecular flexibility index (Phi) is 3.81. The molecule has 0 radical (unpaired) electrons. The molecule has 0 saturated heterocycles. The number of nitrogens with zero attached hydrogens (tertiary/aromatic N) is 3. The van der Waals surface area contributed by atoms with Gasteiger partial charge in [0.1, 0.15) is 0 Å². The molecule has 2 N–H and O–H groups in total. The van der Waals surface area contributed by atoms with Crippen molar-refractivity contribution in [3.8, 4) is 0 Å². The molecule has 0 atom stereocenters. The maximum atomic E-state index is 11.6. The molecule has 0 fully saturated rings. The van der Waals surface area contributed by atoms with E-state index < -0.39 is 0 Å². The third-order valence-corrected chi connectivity index (χ3v) is 2.64. The van der Waals surface area contributed by atoms with Crippen molar-refractivity contribution in [1.29, 1.82) is 0 Å². The summed E-state index contributed by atoms with van der Waals surface area (Å²) in [5.74, 6) is 0.395. The van der Waals surface area contributed by atoms with Crippen LogP contribution in [0.1, 0.15) is 11.4 Å². The molecule has 1 amide bonds. The van der Waals surface area contributed by atoms with E-state index in [1.165, 1.54) is 0 Å². The van der Waals surface area contributed by atoms with Crippen LogP contribution in [0, 0.1) is 0 Å². The maximum Gasteiger partial charge on any atom is 0.224 e. The zero-order chi connectivity index (χ0) is 12.1. The van der Waals surface area contributed by atoms with Gasteiger partial charge in [0.25, 0.3) is 0 Å². The molecule has 0 saturated carbocycles. The number of aromatic amines is 1. The first-order chi connectivity index (χ1) is 8.24. The summed E-state index contributed by atoms with van der Waals surface area (Å²) in [4.78, 5) is 11.6. The Morgan fingerprint density at radius 3 is 2.76 bits per heavy atom. The molecule has 88 valence electrons. The Morgan fingerprint density at radius 2 is 2.12 bits per heavy atom. The maximum absolute atomic E-state index is 11.6. The van der Waals surface area contributed by atoms with E-state index in [1.54, 1.807) is 0 Å². The fraction of sp³-hybridized carbons (Fsp3) is 0.200. The second-order valence-electron chi connectivity index (χ2n) is 3.41. The van der Waals surface area contributed by atoms with Crippen LogP contribution in [-0.4, -0.2) is 26.5 Å². The summed E-state index contributed by atoms with van der Waals surface area (Å²) in [5.41, 5.74) is 0.957. The lowest BCUT2D eigenvalue weighted by molar-refractivity contribution is -0.120. The number of amides is 1. The van der Waals surface area contributed by atoms with Gasteiger partial charge in [-0.15, -0.1) is 10.2 Å². The molecule has 0 bridgehead atoms. The number of nitrogens with one attached hydrogen (secondary N) is 2. The molecular formula is C10H10BrN5O. The van der Waals surface area contributed by atoms with Crippen LogP contribution in [-0.2, 0) is 17.8 Å². The Labute approximate surface area is 106 Å². The van der Waals surface area contributed by atoms with Crippen LogP contribution in [0.25, 0.3) is 0 Å². The van der Waals surface area contributed by atoms with Crippen molar-refractivity contribution in [3.63, 3.8) is 0 Å². The smallest absolute Gasteiger partial charge is 0.224 e. The van der Waals surface area contributed by atoms with Crippen molar-refractivity contribution < 1.29 is 4.79 Å². The number of hydrogen-bond acceptors (Lipinski definition) is 4. The van der Waals surface area contributed by atoms with Crippen LogP contribution >= 0.6 is 15.9 Å². The average molecular weight is 296 g/mol. The highest BCUT2D eigenvalue weighted by Gasteiger charge is 2.04. The molecule has 2 aromatic rings. The van der Waals surface area contributed by atoms with Gasteiger partial charge < -0.3 is 5.32 Å². The van der Waals surface area contributed by atoms with E-state index in [4.69, 9.17) is 0 Å². The lowest BCUT2D eigenvalue weighted by atomic mass is 10.1. The van der Waals surface area contributed by atoms with Crippen molar-refractivity contribution in [1.82, 2.24) is 25.9 Å². The fourth-order valence-electron chi connectivity index (χ4n) is 1.29. The predicted molar refractivity (Wildman–Crippen MR) is 63.9 cm³/mol. The van der Waals surface area contributed by atoms with Gasteiger partial charge in [-0.1, -0.05) is 33.3 Å². The van der Waals surface area contributed by atoms with E-state index in [2.05, 4.69) is 41.9 Å². The molecule has 0 aliphatic rings. The number of tetrazole rings is 1. The summed E-state index contributed by atoms with van der Waals surface area (Å²) in [6.45, 7) is 0.284. The standard InChI is InChI=1S/C10H10BrN5O/c11-8-3-1-7(2-4-8)5-10(17)12-6-9-13-15-16-14-9/h1-4H,5-6H2,(H,12,17)(H,13,14,15,16). The second-order valence-corrected chi connectivity index (χ2v) is 4.32. The molecule has 0 aliphatic heterocycles. The van der Waals surface area contributed by atoms with Crippen molar-refractivity contribution in [3.05, 3.63) is 40.1 Å². The zero-order valence-corrected chi connectivity index (χ0v) is 10.4. The minimum absolute atomic E-state index is 0.0721. The van der Waals surface area contributed by atoms with Gasteiger partial charge in [-0.2, -0.15) is 5.21 Å². The number of carbonyl (C=O) groups excluding carboxylic acids is 1. The van der Waals surface area contributed by atoms with Gasteiger partial charge in [0.05, 0.1) is 13.0 Å². The molecule has 0 spiro atoms. The van der Waals surface area contributed by atoms with E-state index in [-0.39, 0.29) is 12.5 Å². The Bertz CT molecular complexity index is 482. The Hall–Kier alpha value is -1.76. The zero-order valence-electron chi connectivity index (χ0n) is 8.85. The quantitative estimate of drug-likeness (QED) is 0.875. The van der Waals surface area contributed by atoms with Crippen LogP contribution in [0.5, 0.6) is 0 Å². The van der Waals surface area contributed by atoms with Crippen LogP contribution in [0.3, 0.4) is 0 Å². The van der Waals surface area contributed by atoms with Crippen molar-refractivity contribution in [2.75, 3.05) is 0 Å². The average Bonchev–Trinajstić information content (AvgIpc) is 2.83. The molecule has 6 nitrogen and oxygen atoms in total. The highest BCUT2D eigenvalue weighted by atomic mass is 79.9. The molecule has 1 heterocycles. The molecule has 0 unspecified atom stereocenters. The third-order valence-electron chi connectivity index (χ3n) is 2.11. The highest BCUT2D eigenvalue weighted by molar-refractivity contribution is 9.10. The first-order valence-electron chi connectivity index (χ1n) is 4.97. The molecule has 2 rings (SSSR count). The molecule has 7 heteroatoms. The normalized spacial score (nSPS) is 10.2. The lowest BCUT2D eigenvalue weighted by Gasteiger charge is -2.02. The fourth-order valence-corrected chi connectivity index (χ4v) is 1.55. The molecular weight excluding hydrogens is 286 g/mol. The number of aromatic nitrogens is 4. The number of rotatable bonds is 4. The number of benzene rings is 1. The van der Waals surface area contributed by atoms with E-state index in [0.29, 0.717) is 12.2 Å². The van der Waals surface area contributed by atoms with Crippen LogP contribution < -0.4 is 5.32 Å². The van der Waals surface area contributed by atoms with Gasteiger partial charge >= 0.3 is 0 Å². The van der Waals surface area contributed by atoms with E-state index in [0.717, 1.165) is 10.0 Å². The summed E-state index contributed by atoms with van der Waals surface area (Å²) in [5, 5.41) is 15.9. The number of H-pyrrole nitrogens is 1. The SMILES string of the molecule is O=C(Cc1ccc(Br)cc1)NCc1nn[nH]n1. The summed E-state index contributed by atoms with van der Waals surface area (Å²) in [6, 6.07) is 7.61. The van der Waals surface area contributed by atoms with Gasteiger partial charge in [-0.05, 0) is 17.7 Å². The third kappa shape index (κ3) is 3.63. The summed E-state index contributed by atoms with van der Waals surface area (Å²) in [7, 11) is 0. The van der Waals surface area contributed by atoms with Crippen molar-refractivity contribution in [2.45, 2.75) is 13.0 Å². The topological polar surface area (TPSA) is 83.6 Å². The minimum atomic E-state index is -0.0721.